The fraction of sp³-hybridized carbons (Fsp3) is 0.348. The lowest BCUT2D eigenvalue weighted by Crippen LogP contribution is -2.50. The molecule has 1 fully saturated rings. The van der Waals surface area contributed by atoms with Crippen molar-refractivity contribution < 1.29 is 32.6 Å². The molecule has 1 aliphatic heterocycles. The first-order valence-electron chi connectivity index (χ1n) is 11.0. The number of amides is 2. The summed E-state index contributed by atoms with van der Waals surface area (Å²) in [5.74, 6) is -1.63. The number of benzene rings is 2. The highest BCUT2D eigenvalue weighted by Crippen LogP contribution is 2.27. The third kappa shape index (κ3) is 7.33. The largest absolute Gasteiger partial charge is 0.480 e. The van der Waals surface area contributed by atoms with Crippen LogP contribution in [-0.4, -0.2) is 72.9 Å². The van der Waals surface area contributed by atoms with Gasteiger partial charge in [0.05, 0.1) is 14.9 Å². The number of alkyl carbamates (subject to hydrolysis) is 1. The Morgan fingerprint density at radius 2 is 1.67 bits per heavy atom. The van der Waals surface area contributed by atoms with Gasteiger partial charge in [-0.05, 0) is 30.2 Å². The number of carbonyl (C=O) groups is 3. The van der Waals surface area contributed by atoms with E-state index in [2.05, 4.69) is 5.32 Å². The Bertz CT molecular complexity index is 1200. The number of halogens is 2. The molecule has 0 aliphatic carbocycles. The van der Waals surface area contributed by atoms with Gasteiger partial charge in [-0.15, -0.1) is 0 Å². The second-order valence-corrected chi connectivity index (χ2v) is 10.7. The molecule has 1 atom stereocenters. The fourth-order valence-electron chi connectivity index (χ4n) is 3.55. The van der Waals surface area contributed by atoms with Gasteiger partial charge in [0.25, 0.3) is 0 Å². The predicted molar refractivity (Wildman–Crippen MR) is 132 cm³/mol. The van der Waals surface area contributed by atoms with Gasteiger partial charge in [0.2, 0.25) is 15.9 Å². The van der Waals surface area contributed by atoms with E-state index in [0.717, 1.165) is 5.56 Å². The Morgan fingerprint density at radius 1 is 1.00 bits per heavy atom. The molecule has 0 spiro atoms. The molecular weight excluding hydrogens is 533 g/mol. The number of carbonyl (C=O) groups excluding carboxylic acids is 2. The lowest BCUT2D eigenvalue weighted by molar-refractivity contribution is -0.140. The number of nitrogens with zero attached hydrogens (tertiary/aromatic N) is 2. The Labute approximate surface area is 218 Å². The molecule has 0 unspecified atom stereocenters. The van der Waals surface area contributed by atoms with Crippen LogP contribution in [0.2, 0.25) is 10.0 Å². The first kappa shape index (κ1) is 27.7. The maximum Gasteiger partial charge on any atom is 0.408 e. The van der Waals surface area contributed by atoms with Crippen LogP contribution in [0.25, 0.3) is 0 Å². The maximum absolute atomic E-state index is 12.9. The van der Waals surface area contributed by atoms with Crippen molar-refractivity contribution in [1.29, 1.82) is 0 Å². The van der Waals surface area contributed by atoms with E-state index in [4.69, 9.17) is 27.9 Å². The number of hydrogen-bond donors (Lipinski definition) is 2. The third-order valence-corrected chi connectivity index (χ3v) is 8.20. The van der Waals surface area contributed by atoms with Crippen LogP contribution in [0.4, 0.5) is 4.79 Å². The van der Waals surface area contributed by atoms with E-state index in [9.17, 15) is 27.9 Å². The van der Waals surface area contributed by atoms with E-state index in [1.54, 1.807) is 24.3 Å². The molecule has 0 bridgehead atoms. The molecule has 2 aromatic carbocycles. The van der Waals surface area contributed by atoms with Crippen LogP contribution in [0.15, 0.2) is 53.4 Å². The number of ether oxygens (including phenoxy) is 1. The van der Waals surface area contributed by atoms with Gasteiger partial charge in [-0.3, -0.25) is 4.79 Å². The summed E-state index contributed by atoms with van der Waals surface area (Å²) in [5, 5.41) is 12.0. The first-order chi connectivity index (χ1) is 17.1. The van der Waals surface area contributed by atoms with Crippen LogP contribution < -0.4 is 5.32 Å². The molecular formula is C23H25Cl2N3O7S. The highest BCUT2D eigenvalue weighted by molar-refractivity contribution is 7.89. The molecule has 2 aromatic rings. The minimum atomic E-state index is -3.81. The molecule has 10 nitrogen and oxygen atoms in total. The topological polar surface area (TPSA) is 133 Å². The zero-order chi connectivity index (χ0) is 26.3. The highest BCUT2D eigenvalue weighted by atomic mass is 35.5. The Balaban J connectivity index is 1.47. The van der Waals surface area contributed by atoms with Gasteiger partial charge < -0.3 is 20.1 Å². The first-order valence-corrected chi connectivity index (χ1v) is 13.2. The van der Waals surface area contributed by atoms with Gasteiger partial charge in [0.1, 0.15) is 12.6 Å². The zero-order valence-corrected chi connectivity index (χ0v) is 21.4. The van der Waals surface area contributed by atoms with Crippen molar-refractivity contribution in [2.24, 2.45) is 0 Å². The van der Waals surface area contributed by atoms with E-state index in [-0.39, 0.29) is 66.5 Å². The summed E-state index contributed by atoms with van der Waals surface area (Å²) < 4.78 is 32.0. The van der Waals surface area contributed by atoms with E-state index in [0.29, 0.717) is 0 Å². The molecule has 1 heterocycles. The van der Waals surface area contributed by atoms with E-state index < -0.39 is 28.1 Å². The summed E-state index contributed by atoms with van der Waals surface area (Å²) in [6.07, 6.45) is -1.19. The second-order valence-electron chi connectivity index (χ2n) is 8.00. The zero-order valence-electron chi connectivity index (χ0n) is 19.1. The third-order valence-electron chi connectivity index (χ3n) is 5.57. The molecule has 36 heavy (non-hydrogen) atoms. The molecule has 1 saturated heterocycles. The van der Waals surface area contributed by atoms with E-state index >= 15 is 0 Å². The summed E-state index contributed by atoms with van der Waals surface area (Å²) in [7, 11) is -3.81. The van der Waals surface area contributed by atoms with Crippen molar-refractivity contribution >= 4 is 51.2 Å². The number of rotatable bonds is 9. The quantitative estimate of drug-likeness (QED) is 0.484. The van der Waals surface area contributed by atoms with E-state index in [1.165, 1.54) is 27.4 Å². The predicted octanol–water partition coefficient (Wildman–Crippen LogP) is 2.99. The van der Waals surface area contributed by atoms with Crippen LogP contribution in [0.5, 0.6) is 0 Å². The standard InChI is InChI=1S/C23H25Cl2N3O7S/c24-18-7-6-17(14-19(18)25)36(33,34)28-12-10-27(11-13-28)21(29)9-8-20(22(30)31)26-23(32)35-15-16-4-2-1-3-5-16/h1-7,14,20H,8-13,15H2,(H,26,32)(H,30,31)/t20-/m0/s1. The van der Waals surface area contributed by atoms with Gasteiger partial charge in [-0.2, -0.15) is 4.31 Å². The lowest BCUT2D eigenvalue weighted by atomic mass is 10.1. The number of nitrogens with one attached hydrogen (secondary N) is 1. The summed E-state index contributed by atoms with van der Waals surface area (Å²) >= 11 is 11.8. The minimum absolute atomic E-state index is 0.00574. The molecule has 2 N–H and O–H groups in total. The average Bonchev–Trinajstić information content (AvgIpc) is 2.87. The fourth-order valence-corrected chi connectivity index (χ4v) is 5.37. The summed E-state index contributed by atoms with van der Waals surface area (Å²) in [6.45, 7) is 0.405. The van der Waals surface area contributed by atoms with Crippen molar-refractivity contribution in [1.82, 2.24) is 14.5 Å². The van der Waals surface area contributed by atoms with Crippen molar-refractivity contribution in [2.45, 2.75) is 30.4 Å². The second kappa shape index (κ2) is 12.4. The Morgan fingerprint density at radius 3 is 2.28 bits per heavy atom. The van der Waals surface area contributed by atoms with Gasteiger partial charge in [-0.1, -0.05) is 53.5 Å². The smallest absolute Gasteiger partial charge is 0.408 e. The molecule has 13 heteroatoms. The molecule has 0 aromatic heterocycles. The molecule has 2 amide bonds. The Kier molecular flexibility index (Phi) is 9.55. The van der Waals surface area contributed by atoms with Crippen molar-refractivity contribution in [3.8, 4) is 0 Å². The van der Waals surface area contributed by atoms with Crippen LogP contribution in [0.1, 0.15) is 18.4 Å². The summed E-state index contributed by atoms with van der Waals surface area (Å²) in [5.41, 5.74) is 0.745. The van der Waals surface area contributed by atoms with Crippen LogP contribution in [-0.2, 0) is 31.0 Å². The monoisotopic (exact) mass is 557 g/mol. The minimum Gasteiger partial charge on any atom is -0.480 e. The van der Waals surface area contributed by atoms with Crippen LogP contribution in [0, 0.1) is 0 Å². The molecule has 0 saturated carbocycles. The number of hydrogen-bond acceptors (Lipinski definition) is 6. The number of carboxylic acid groups (broad SMARTS) is 1. The van der Waals surface area contributed by atoms with E-state index in [1.807, 2.05) is 6.07 Å². The van der Waals surface area contributed by atoms with Crippen LogP contribution >= 0.6 is 23.2 Å². The number of sulfonamides is 1. The summed E-state index contributed by atoms with van der Waals surface area (Å²) in [6, 6.07) is 11.6. The average molecular weight is 558 g/mol. The normalized spacial score (nSPS) is 15.2. The van der Waals surface area contributed by atoms with Gasteiger partial charge in [0, 0.05) is 32.6 Å². The van der Waals surface area contributed by atoms with Crippen molar-refractivity contribution in [3.05, 3.63) is 64.1 Å². The number of carboxylic acids is 1. The number of piperazine rings is 1. The lowest BCUT2D eigenvalue weighted by Gasteiger charge is -2.34. The molecule has 3 rings (SSSR count). The van der Waals surface area contributed by atoms with Gasteiger partial charge >= 0.3 is 12.1 Å². The van der Waals surface area contributed by atoms with Gasteiger partial charge in [-0.25, -0.2) is 18.0 Å². The van der Waals surface area contributed by atoms with Gasteiger partial charge in [0.15, 0.2) is 0 Å². The SMILES string of the molecule is O=C(N[C@@H](CCC(=O)N1CCN(S(=O)(=O)c2ccc(Cl)c(Cl)c2)CC1)C(=O)O)OCc1ccccc1. The molecule has 0 radical (unpaired) electrons. The summed E-state index contributed by atoms with van der Waals surface area (Å²) in [4.78, 5) is 37.6. The maximum atomic E-state index is 12.9. The van der Waals surface area contributed by atoms with Crippen molar-refractivity contribution in [3.63, 3.8) is 0 Å². The highest BCUT2D eigenvalue weighted by Gasteiger charge is 2.31. The molecule has 1 aliphatic rings. The van der Waals surface area contributed by atoms with Crippen LogP contribution in [0.3, 0.4) is 0 Å². The number of aliphatic carboxylic acids is 1. The molecule has 194 valence electrons. The Hall–Kier alpha value is -2.86. The van der Waals surface area contributed by atoms with Crippen molar-refractivity contribution in [2.75, 3.05) is 26.2 Å².